The Hall–Kier alpha value is -0.925. The lowest BCUT2D eigenvalue weighted by molar-refractivity contribution is 0.501. The zero-order valence-corrected chi connectivity index (χ0v) is 6.73. The van der Waals surface area contributed by atoms with Crippen LogP contribution >= 0.6 is 0 Å². The molecule has 0 aliphatic heterocycles. The highest BCUT2D eigenvalue weighted by molar-refractivity contribution is 6.73. The number of hydrogen-bond acceptors (Lipinski definition) is 0. The second-order valence-electron chi connectivity index (χ2n) is 2.67. The maximum atomic E-state index is 12.2. The molecule has 0 spiro atoms. The van der Waals surface area contributed by atoms with Crippen molar-refractivity contribution in [1.29, 1.82) is 0 Å². The summed E-state index contributed by atoms with van der Waals surface area (Å²) in [4.78, 5) is 0. The van der Waals surface area contributed by atoms with Crippen LogP contribution in [-0.4, -0.2) is 6.98 Å². The second kappa shape index (κ2) is 3.21. The molecule has 1 rings (SSSR count). The molecule has 0 saturated carbocycles. The average molecular weight is 173 g/mol. The Balaban J connectivity index is 3.02. The van der Waals surface area contributed by atoms with Gasteiger partial charge in [-0.2, -0.15) is 0 Å². The molecular weight excluding hydrogens is 164 g/mol. The highest BCUT2D eigenvalue weighted by atomic mass is 19.4. The summed E-state index contributed by atoms with van der Waals surface area (Å²) in [6, 6.07) is 5.47. The summed E-state index contributed by atoms with van der Waals surface area (Å²) < 4.78 is 36.5. The van der Waals surface area contributed by atoms with E-state index in [9.17, 15) is 12.9 Å². The molecule has 0 radical (unpaired) electrons. The van der Waals surface area contributed by atoms with Crippen molar-refractivity contribution in [3.05, 3.63) is 29.8 Å². The van der Waals surface area contributed by atoms with Crippen molar-refractivity contribution >= 4 is 12.4 Å². The molecule has 0 unspecified atom stereocenters. The highest BCUT2D eigenvalue weighted by Gasteiger charge is 2.24. The first-order chi connectivity index (χ1) is 5.54. The van der Waals surface area contributed by atoms with E-state index in [4.69, 9.17) is 0 Å². The molecule has 0 N–H and O–H groups in total. The summed E-state index contributed by atoms with van der Waals surface area (Å²) >= 11 is 0. The van der Waals surface area contributed by atoms with E-state index in [1.54, 1.807) is 6.07 Å². The van der Waals surface area contributed by atoms with Crippen LogP contribution in [-0.2, 0) is 6.42 Å². The summed E-state index contributed by atoms with van der Waals surface area (Å²) in [7, 11) is 0. The van der Waals surface area contributed by atoms with Crippen LogP contribution < -0.4 is 5.46 Å². The average Bonchev–Trinajstić information content (AvgIpc) is 2.03. The zero-order valence-electron chi connectivity index (χ0n) is 6.73. The molecule has 66 valence electrons. The SMILES string of the molecule is CCc1cccc([B-](F)(F)F)c1. The quantitative estimate of drug-likeness (QED) is 0.602. The van der Waals surface area contributed by atoms with E-state index < -0.39 is 12.4 Å². The van der Waals surface area contributed by atoms with E-state index in [2.05, 4.69) is 0 Å². The molecule has 0 aliphatic carbocycles. The van der Waals surface area contributed by atoms with Gasteiger partial charge >= 0.3 is 6.98 Å². The Morgan fingerprint density at radius 2 is 1.92 bits per heavy atom. The molecule has 12 heavy (non-hydrogen) atoms. The normalized spacial score (nSPS) is 11.7. The molecule has 0 amide bonds. The van der Waals surface area contributed by atoms with Crippen LogP contribution in [0.25, 0.3) is 0 Å². The van der Waals surface area contributed by atoms with Gasteiger partial charge in [-0.05, 0) is 6.42 Å². The maximum Gasteiger partial charge on any atom is 0.509 e. The van der Waals surface area contributed by atoms with Gasteiger partial charge in [-0.1, -0.05) is 36.8 Å². The monoisotopic (exact) mass is 173 g/mol. The van der Waals surface area contributed by atoms with E-state index in [-0.39, 0.29) is 0 Å². The Morgan fingerprint density at radius 3 is 2.42 bits per heavy atom. The van der Waals surface area contributed by atoms with Crippen molar-refractivity contribution in [3.8, 4) is 0 Å². The fourth-order valence-corrected chi connectivity index (χ4v) is 1.02. The molecular formula is C8H9BF3-. The summed E-state index contributed by atoms with van der Waals surface area (Å²) in [5, 5.41) is 0. The van der Waals surface area contributed by atoms with Crippen LogP contribution in [0.15, 0.2) is 24.3 Å². The topological polar surface area (TPSA) is 0 Å². The molecule has 0 heterocycles. The van der Waals surface area contributed by atoms with E-state index >= 15 is 0 Å². The summed E-state index contributed by atoms with van der Waals surface area (Å²) in [6.45, 7) is -3.00. The van der Waals surface area contributed by atoms with E-state index in [0.29, 0.717) is 6.42 Å². The number of halogens is 3. The predicted molar refractivity (Wildman–Crippen MR) is 44.5 cm³/mol. The second-order valence-corrected chi connectivity index (χ2v) is 2.67. The van der Waals surface area contributed by atoms with Gasteiger partial charge in [-0.3, -0.25) is 0 Å². The molecule has 0 aromatic heterocycles. The van der Waals surface area contributed by atoms with Gasteiger partial charge in [0.05, 0.1) is 0 Å². The molecule has 0 fully saturated rings. The van der Waals surface area contributed by atoms with Crippen molar-refractivity contribution in [2.24, 2.45) is 0 Å². The van der Waals surface area contributed by atoms with Gasteiger partial charge in [0.25, 0.3) is 0 Å². The van der Waals surface area contributed by atoms with Crippen molar-refractivity contribution in [2.45, 2.75) is 13.3 Å². The third-order valence-corrected chi connectivity index (χ3v) is 1.74. The van der Waals surface area contributed by atoms with Gasteiger partial charge in [-0.25, -0.2) is 0 Å². The van der Waals surface area contributed by atoms with Crippen molar-refractivity contribution in [2.75, 3.05) is 0 Å². The standard InChI is InChI=1S/C8H9BF3/c1-2-7-4-3-5-8(6-7)9(10,11)12/h3-6H,2H2,1H3/q-1. The van der Waals surface area contributed by atoms with Gasteiger partial charge in [0.2, 0.25) is 0 Å². The lowest BCUT2D eigenvalue weighted by atomic mass is 9.79. The summed E-state index contributed by atoms with van der Waals surface area (Å²) in [5.74, 6) is 0. The van der Waals surface area contributed by atoms with E-state index in [0.717, 1.165) is 11.6 Å². The summed E-state index contributed by atoms with van der Waals surface area (Å²) in [6.07, 6.45) is 0.639. The highest BCUT2D eigenvalue weighted by Crippen LogP contribution is 2.10. The Labute approximate surface area is 69.5 Å². The molecule has 4 heteroatoms. The number of hydrogen-bond donors (Lipinski definition) is 0. The van der Waals surface area contributed by atoms with Crippen LogP contribution in [0.3, 0.4) is 0 Å². The molecule has 1 aromatic rings. The molecule has 0 saturated heterocycles. The number of benzene rings is 1. The first-order valence-electron chi connectivity index (χ1n) is 3.83. The lowest BCUT2D eigenvalue weighted by Gasteiger charge is -2.15. The van der Waals surface area contributed by atoms with Gasteiger partial charge in [-0.15, -0.1) is 5.46 Å². The third-order valence-electron chi connectivity index (χ3n) is 1.74. The van der Waals surface area contributed by atoms with E-state index in [1.807, 2.05) is 6.92 Å². The maximum absolute atomic E-state index is 12.2. The lowest BCUT2D eigenvalue weighted by Crippen LogP contribution is -2.33. The summed E-state index contributed by atoms with van der Waals surface area (Å²) in [5.41, 5.74) is 0.223. The number of rotatable bonds is 2. The van der Waals surface area contributed by atoms with Crippen LogP contribution in [0.2, 0.25) is 0 Å². The van der Waals surface area contributed by atoms with Crippen LogP contribution in [0.4, 0.5) is 12.9 Å². The molecule has 0 aliphatic rings. The minimum atomic E-state index is -4.83. The van der Waals surface area contributed by atoms with Gasteiger partial charge in [0.1, 0.15) is 0 Å². The van der Waals surface area contributed by atoms with Crippen LogP contribution in [0, 0.1) is 0 Å². The van der Waals surface area contributed by atoms with E-state index in [1.165, 1.54) is 12.1 Å². The zero-order chi connectivity index (χ0) is 9.19. The fourth-order valence-electron chi connectivity index (χ4n) is 1.02. The first-order valence-corrected chi connectivity index (χ1v) is 3.83. The Morgan fingerprint density at radius 1 is 1.25 bits per heavy atom. The minimum absolute atomic E-state index is 0.505. The van der Waals surface area contributed by atoms with Crippen molar-refractivity contribution in [1.82, 2.24) is 0 Å². The first kappa shape index (κ1) is 9.17. The minimum Gasteiger partial charge on any atom is -0.445 e. The van der Waals surface area contributed by atoms with Crippen LogP contribution in [0.1, 0.15) is 12.5 Å². The van der Waals surface area contributed by atoms with Gasteiger partial charge in [0, 0.05) is 0 Å². The number of aryl methyl sites for hydroxylation is 1. The van der Waals surface area contributed by atoms with Gasteiger partial charge in [0.15, 0.2) is 0 Å². The molecule has 1 aromatic carbocycles. The van der Waals surface area contributed by atoms with Gasteiger partial charge < -0.3 is 12.9 Å². The molecule has 0 atom stereocenters. The Kier molecular flexibility index (Phi) is 2.45. The van der Waals surface area contributed by atoms with Crippen LogP contribution in [0.5, 0.6) is 0 Å². The Bertz CT molecular complexity index is 267. The van der Waals surface area contributed by atoms with Crippen molar-refractivity contribution in [3.63, 3.8) is 0 Å². The molecule has 0 bridgehead atoms. The third kappa shape index (κ3) is 2.03. The predicted octanol–water partition coefficient (Wildman–Crippen LogP) is 2.30. The largest absolute Gasteiger partial charge is 0.509 e. The molecule has 0 nitrogen and oxygen atoms in total. The fraction of sp³-hybridized carbons (Fsp3) is 0.250. The smallest absolute Gasteiger partial charge is 0.445 e. The van der Waals surface area contributed by atoms with Crippen molar-refractivity contribution < 1.29 is 12.9 Å².